The Kier molecular flexibility index (Phi) is 5.28. The number of fused-ring (bicyclic) bond motifs is 1. The molecule has 1 aromatic carbocycles. The van der Waals surface area contributed by atoms with E-state index in [2.05, 4.69) is 15.9 Å². The third kappa shape index (κ3) is 3.72. The van der Waals surface area contributed by atoms with Gasteiger partial charge in [0.25, 0.3) is 16.0 Å². The van der Waals surface area contributed by atoms with Gasteiger partial charge in [0.2, 0.25) is 5.91 Å². The van der Waals surface area contributed by atoms with E-state index >= 15 is 0 Å². The summed E-state index contributed by atoms with van der Waals surface area (Å²) in [7, 11) is -2.54. The molecule has 0 saturated carbocycles. The van der Waals surface area contributed by atoms with Gasteiger partial charge in [0, 0.05) is 23.8 Å². The molecule has 2 aliphatic rings. The molecular weight excluding hydrogens is 464 g/mol. The van der Waals surface area contributed by atoms with Gasteiger partial charge in [0.05, 0.1) is 16.6 Å². The summed E-state index contributed by atoms with van der Waals surface area (Å²) in [6.45, 7) is -0.235. The minimum Gasteiger partial charge on any atom is -0.314 e. The van der Waals surface area contributed by atoms with Crippen molar-refractivity contribution in [3.8, 4) is 0 Å². The molecule has 0 aromatic heterocycles. The first kappa shape index (κ1) is 19.5. The van der Waals surface area contributed by atoms with Gasteiger partial charge in [0.1, 0.15) is 4.32 Å². The molecule has 1 fully saturated rings. The van der Waals surface area contributed by atoms with Crippen molar-refractivity contribution in [2.24, 2.45) is 0 Å². The third-order valence-electron chi connectivity index (χ3n) is 4.05. The van der Waals surface area contributed by atoms with E-state index in [-0.39, 0.29) is 21.7 Å². The minimum absolute atomic E-state index is 0.165. The highest BCUT2D eigenvalue weighted by molar-refractivity contribution is 9.10. The van der Waals surface area contributed by atoms with Crippen LogP contribution in [-0.2, 0) is 19.7 Å². The zero-order chi connectivity index (χ0) is 19.2. The molecule has 0 aliphatic carbocycles. The van der Waals surface area contributed by atoms with Crippen LogP contribution >= 0.6 is 39.9 Å². The fourth-order valence-corrected chi connectivity index (χ4v) is 4.88. The lowest BCUT2D eigenvalue weighted by atomic mass is 10.00. The summed E-state index contributed by atoms with van der Waals surface area (Å²) in [5, 5.41) is 0. The van der Waals surface area contributed by atoms with E-state index < -0.39 is 27.7 Å². The summed E-state index contributed by atoms with van der Waals surface area (Å²) in [6, 6.07) is 5.49. The van der Waals surface area contributed by atoms with E-state index in [0.29, 0.717) is 0 Å². The summed E-state index contributed by atoms with van der Waals surface area (Å²) in [4.78, 5) is 28.0. The monoisotopic (exact) mass is 476 g/mol. The maximum Gasteiger partial charge on any atom is 0.266 e. The van der Waals surface area contributed by atoms with Crippen molar-refractivity contribution in [2.45, 2.75) is 5.92 Å². The number of amides is 2. The Morgan fingerprint density at radius 2 is 2.08 bits per heavy atom. The van der Waals surface area contributed by atoms with Crippen molar-refractivity contribution in [1.29, 1.82) is 0 Å². The first-order valence-corrected chi connectivity index (χ1v) is 11.0. The Bertz CT molecular complexity index is 960. The number of thiocarbonyl (C=S) groups is 1. The maximum absolute atomic E-state index is 12.6. The molecule has 11 heteroatoms. The Labute approximate surface area is 168 Å². The molecule has 2 amide bonds. The van der Waals surface area contributed by atoms with E-state index in [9.17, 15) is 18.0 Å². The van der Waals surface area contributed by atoms with Gasteiger partial charge in [-0.25, -0.2) is 0 Å². The highest BCUT2D eigenvalue weighted by Gasteiger charge is 2.38. The van der Waals surface area contributed by atoms with E-state index in [1.165, 1.54) is 4.90 Å². The molecule has 7 nitrogen and oxygen atoms in total. The molecule has 1 N–H and O–H groups in total. The highest BCUT2D eigenvalue weighted by Crippen LogP contribution is 2.41. The van der Waals surface area contributed by atoms with Crippen molar-refractivity contribution in [1.82, 2.24) is 4.90 Å². The molecule has 3 rings (SSSR count). The van der Waals surface area contributed by atoms with Crippen LogP contribution in [0.4, 0.5) is 5.69 Å². The van der Waals surface area contributed by atoms with Gasteiger partial charge >= 0.3 is 0 Å². The molecule has 138 valence electrons. The van der Waals surface area contributed by atoms with Gasteiger partial charge < -0.3 is 4.90 Å². The summed E-state index contributed by atoms with van der Waals surface area (Å²) < 4.78 is 31.7. The number of rotatable bonds is 4. The fraction of sp³-hybridized carbons (Fsp3) is 0.267. The molecule has 26 heavy (non-hydrogen) atoms. The number of nitrogens with zero attached hydrogens (tertiary/aromatic N) is 2. The number of carbonyl (C=O) groups excluding carboxylic acids is 2. The lowest BCUT2D eigenvalue weighted by Crippen LogP contribution is -2.33. The zero-order valence-electron chi connectivity index (χ0n) is 13.4. The van der Waals surface area contributed by atoms with Crippen LogP contribution < -0.4 is 4.90 Å². The Morgan fingerprint density at radius 1 is 1.38 bits per heavy atom. The molecule has 0 spiro atoms. The maximum atomic E-state index is 12.6. The van der Waals surface area contributed by atoms with Crippen LogP contribution in [0.3, 0.4) is 0 Å². The predicted molar refractivity (Wildman–Crippen MR) is 107 cm³/mol. The second-order valence-electron chi connectivity index (χ2n) is 5.72. The quantitative estimate of drug-likeness (QED) is 0.404. The van der Waals surface area contributed by atoms with Gasteiger partial charge in [-0.2, -0.15) is 8.42 Å². The number of anilines is 1. The molecule has 2 aliphatic heterocycles. The van der Waals surface area contributed by atoms with Crippen molar-refractivity contribution in [2.75, 3.05) is 24.2 Å². The van der Waals surface area contributed by atoms with E-state index in [1.807, 2.05) is 18.2 Å². The van der Waals surface area contributed by atoms with E-state index in [4.69, 9.17) is 16.8 Å². The first-order valence-electron chi connectivity index (χ1n) is 7.36. The lowest BCUT2D eigenvalue weighted by molar-refractivity contribution is -0.122. The predicted octanol–water partition coefficient (Wildman–Crippen LogP) is 2.14. The van der Waals surface area contributed by atoms with Crippen LogP contribution in [-0.4, -0.2) is 53.4 Å². The van der Waals surface area contributed by atoms with Crippen molar-refractivity contribution < 1.29 is 22.6 Å². The van der Waals surface area contributed by atoms with E-state index in [0.717, 1.165) is 32.4 Å². The molecule has 1 unspecified atom stereocenters. The molecule has 0 radical (unpaired) electrons. The number of carbonyl (C=O) groups is 2. The average Bonchev–Trinajstić information content (AvgIpc) is 2.94. The van der Waals surface area contributed by atoms with Crippen LogP contribution in [0.15, 0.2) is 33.7 Å². The molecule has 1 aromatic rings. The first-order chi connectivity index (χ1) is 12.1. The number of halogens is 1. The van der Waals surface area contributed by atoms with Crippen molar-refractivity contribution in [3.63, 3.8) is 0 Å². The largest absolute Gasteiger partial charge is 0.314 e. The average molecular weight is 477 g/mol. The summed E-state index contributed by atoms with van der Waals surface area (Å²) in [5.41, 5.74) is 1.54. The number of thioether (sulfide) groups is 1. The summed E-state index contributed by atoms with van der Waals surface area (Å²) in [5.74, 6) is -1.86. The number of benzene rings is 1. The standard InChI is InChI=1S/C15H13BrN2O5S3/c1-17-11-3-2-8(16)6-9(11)10(13(17)19)7-12-14(20)18(15(24)25-12)4-5-26(21,22)23/h2-3,6-7,10H,4-5H2,1H3,(H,21,22,23). The number of likely N-dealkylation sites (N-methyl/N-ethyl adjacent to an activating group) is 1. The summed E-state index contributed by atoms with van der Waals surface area (Å²) >= 11 is 9.52. The molecule has 1 saturated heterocycles. The summed E-state index contributed by atoms with van der Waals surface area (Å²) in [6.07, 6.45) is 1.56. The van der Waals surface area contributed by atoms with Crippen LogP contribution in [0.5, 0.6) is 0 Å². The Morgan fingerprint density at radius 3 is 2.73 bits per heavy atom. The van der Waals surface area contributed by atoms with Crippen molar-refractivity contribution >= 4 is 71.9 Å². The number of hydrogen-bond donors (Lipinski definition) is 1. The molecular formula is C15H13BrN2O5S3. The van der Waals surface area contributed by atoms with Gasteiger partial charge in [-0.05, 0) is 29.8 Å². The van der Waals surface area contributed by atoms with Crippen LogP contribution in [0.1, 0.15) is 11.5 Å². The van der Waals surface area contributed by atoms with Gasteiger partial charge in [-0.3, -0.25) is 19.0 Å². The smallest absolute Gasteiger partial charge is 0.266 e. The molecule has 0 bridgehead atoms. The highest BCUT2D eigenvalue weighted by atomic mass is 79.9. The van der Waals surface area contributed by atoms with Gasteiger partial charge in [0.15, 0.2) is 0 Å². The van der Waals surface area contributed by atoms with Crippen LogP contribution in [0.25, 0.3) is 0 Å². The molecule has 1 atom stereocenters. The van der Waals surface area contributed by atoms with Crippen LogP contribution in [0, 0.1) is 0 Å². The Balaban J connectivity index is 1.89. The third-order valence-corrected chi connectivity index (χ3v) is 6.63. The zero-order valence-corrected chi connectivity index (χ0v) is 17.4. The molecule has 2 heterocycles. The van der Waals surface area contributed by atoms with Gasteiger partial charge in [-0.1, -0.05) is 39.9 Å². The topological polar surface area (TPSA) is 95.0 Å². The normalized spacial score (nSPS) is 21.9. The Hall–Kier alpha value is -1.27. The SMILES string of the molecule is CN1C(=O)C(C=C2SC(=S)N(CCS(=O)(=O)O)C2=O)c2cc(Br)ccc21. The lowest BCUT2D eigenvalue weighted by Gasteiger charge is -2.12. The number of hydrogen-bond acceptors (Lipinski definition) is 6. The second-order valence-corrected chi connectivity index (χ2v) is 9.88. The van der Waals surface area contributed by atoms with Gasteiger partial charge in [-0.15, -0.1) is 0 Å². The van der Waals surface area contributed by atoms with E-state index in [1.54, 1.807) is 13.1 Å². The second kappa shape index (κ2) is 7.04. The van der Waals surface area contributed by atoms with Crippen molar-refractivity contribution in [3.05, 3.63) is 39.2 Å². The van der Waals surface area contributed by atoms with Crippen LogP contribution in [0.2, 0.25) is 0 Å². The fourth-order valence-electron chi connectivity index (χ4n) is 2.77. The minimum atomic E-state index is -4.21.